The number of ketones is 1. The van der Waals surface area contributed by atoms with Crippen molar-refractivity contribution in [3.05, 3.63) is 12.7 Å². The monoisotopic (exact) mass is 685 g/mol. The van der Waals surface area contributed by atoms with E-state index in [1.165, 1.54) is 31.2 Å². The first-order valence-corrected chi connectivity index (χ1v) is 19.0. The molecule has 0 aromatic carbocycles. The van der Waals surface area contributed by atoms with Crippen molar-refractivity contribution in [3.63, 3.8) is 0 Å². The van der Waals surface area contributed by atoms with Crippen LogP contribution in [0, 0.1) is 0 Å². The van der Waals surface area contributed by atoms with Crippen LogP contribution in [0.15, 0.2) is 12.7 Å². The zero-order chi connectivity index (χ0) is 35.6. The fraction of sp³-hybridized carbons (Fsp3) is 0.788. The van der Waals surface area contributed by atoms with Gasteiger partial charge in [0.25, 0.3) is 5.91 Å². The van der Waals surface area contributed by atoms with Crippen molar-refractivity contribution < 1.29 is 37.5 Å². The first-order chi connectivity index (χ1) is 22.2. The molecule has 0 aromatic rings. The predicted octanol–water partition coefficient (Wildman–Crippen LogP) is 2.51. The lowest BCUT2D eigenvalue weighted by atomic mass is 10.0. The van der Waals surface area contributed by atoms with E-state index in [0.717, 1.165) is 38.5 Å². The smallest absolute Gasteiger partial charge is 0.315 e. The average Bonchev–Trinajstić information content (AvgIpc) is 3.51. The van der Waals surface area contributed by atoms with E-state index >= 15 is 0 Å². The van der Waals surface area contributed by atoms with Crippen LogP contribution in [-0.2, 0) is 29.0 Å². The van der Waals surface area contributed by atoms with Gasteiger partial charge < -0.3 is 31.3 Å². The molecule has 0 bridgehead atoms. The van der Waals surface area contributed by atoms with E-state index in [1.807, 2.05) is 0 Å². The summed E-state index contributed by atoms with van der Waals surface area (Å²) in [5.74, 6) is -2.97. The highest BCUT2D eigenvalue weighted by molar-refractivity contribution is 7.92. The van der Waals surface area contributed by atoms with Crippen LogP contribution in [0.5, 0.6) is 0 Å². The largest absolute Gasteiger partial charge is 0.391 e. The molecule has 2 aliphatic rings. The predicted molar refractivity (Wildman–Crippen MR) is 182 cm³/mol. The lowest BCUT2D eigenvalue weighted by molar-refractivity contribution is -0.143. The van der Waals surface area contributed by atoms with Gasteiger partial charge in [0.05, 0.1) is 23.1 Å². The van der Waals surface area contributed by atoms with Crippen molar-refractivity contribution >= 4 is 39.4 Å². The third-order valence-corrected chi connectivity index (χ3v) is 10.6. The highest BCUT2D eigenvalue weighted by atomic mass is 32.2. The number of amides is 5. The molecule has 0 radical (unpaired) electrons. The van der Waals surface area contributed by atoms with Crippen molar-refractivity contribution in [3.8, 4) is 0 Å². The molecule has 0 spiro atoms. The zero-order valence-corrected chi connectivity index (χ0v) is 29.8. The molecule has 5 amide bonds. The Kier molecular flexibility index (Phi) is 19.5. The zero-order valence-electron chi connectivity index (χ0n) is 29.0. The summed E-state index contributed by atoms with van der Waals surface area (Å²) in [6.07, 6.45) is 9.20. The molecule has 0 aromatic heterocycles. The number of hydrogen-bond acceptors (Lipinski definition) is 8. The van der Waals surface area contributed by atoms with Gasteiger partial charge in [-0.05, 0) is 46.0 Å². The van der Waals surface area contributed by atoms with Gasteiger partial charge in [0, 0.05) is 19.1 Å². The van der Waals surface area contributed by atoms with Crippen LogP contribution < -0.4 is 21.3 Å². The molecule has 2 heterocycles. The molecule has 6 atom stereocenters. The van der Waals surface area contributed by atoms with Gasteiger partial charge in [-0.3, -0.25) is 19.2 Å². The quantitative estimate of drug-likeness (QED) is 0.0876. The SMILES string of the molecule is C=CCNC(=O)C(=O)C(C)NC(=O)C1CCCN1C(=O)C(NC(=O)NC(CCCCCCC)C1CCCCS1(=O)=O)C(C)O.CCC. The van der Waals surface area contributed by atoms with Gasteiger partial charge in [-0.25, -0.2) is 13.2 Å². The van der Waals surface area contributed by atoms with Gasteiger partial charge in [-0.1, -0.05) is 71.8 Å². The molecule has 270 valence electrons. The number of carbonyl (C=O) groups excluding carboxylic acids is 5. The number of aliphatic hydroxyl groups is 1. The Morgan fingerprint density at radius 3 is 2.19 bits per heavy atom. The van der Waals surface area contributed by atoms with Gasteiger partial charge in [-0.2, -0.15) is 0 Å². The van der Waals surface area contributed by atoms with Gasteiger partial charge in [0.2, 0.25) is 17.6 Å². The van der Waals surface area contributed by atoms with E-state index in [1.54, 1.807) is 0 Å². The first-order valence-electron chi connectivity index (χ1n) is 17.3. The average molecular weight is 686 g/mol. The highest BCUT2D eigenvalue weighted by Gasteiger charge is 2.41. The van der Waals surface area contributed by atoms with Crippen molar-refractivity contribution in [1.29, 1.82) is 0 Å². The second-order valence-electron chi connectivity index (χ2n) is 12.5. The molecular formula is C33H59N5O8S. The van der Waals surface area contributed by atoms with Gasteiger partial charge in [-0.15, -0.1) is 6.58 Å². The topological polar surface area (TPSA) is 191 Å². The molecule has 2 saturated heterocycles. The minimum absolute atomic E-state index is 0.0736. The molecule has 47 heavy (non-hydrogen) atoms. The van der Waals surface area contributed by atoms with E-state index in [9.17, 15) is 37.5 Å². The number of unbranched alkanes of at least 4 members (excludes halogenated alkanes) is 4. The number of rotatable bonds is 17. The van der Waals surface area contributed by atoms with Crippen molar-refractivity contribution in [1.82, 2.24) is 26.2 Å². The Labute approximate surface area is 281 Å². The van der Waals surface area contributed by atoms with Crippen molar-refractivity contribution in [2.45, 2.75) is 147 Å². The summed E-state index contributed by atoms with van der Waals surface area (Å²) in [6, 6.07) is -4.92. The number of hydrogen-bond donors (Lipinski definition) is 5. The van der Waals surface area contributed by atoms with E-state index < -0.39 is 74.9 Å². The minimum atomic E-state index is -3.40. The maximum atomic E-state index is 13.6. The summed E-state index contributed by atoms with van der Waals surface area (Å²) in [5.41, 5.74) is 0. The molecular weight excluding hydrogens is 626 g/mol. The Bertz CT molecular complexity index is 1150. The summed E-state index contributed by atoms with van der Waals surface area (Å²) >= 11 is 0. The fourth-order valence-corrected chi connectivity index (χ4v) is 7.94. The lowest BCUT2D eigenvalue weighted by Gasteiger charge is -2.33. The number of nitrogens with one attached hydrogen (secondary N) is 4. The number of likely N-dealkylation sites (tertiary alicyclic amines) is 1. The molecule has 13 nitrogen and oxygen atoms in total. The molecule has 0 aliphatic carbocycles. The normalized spacial score (nSPS) is 21.1. The van der Waals surface area contributed by atoms with Crippen LogP contribution in [0.2, 0.25) is 0 Å². The van der Waals surface area contributed by atoms with E-state index in [2.05, 4.69) is 48.6 Å². The molecule has 6 unspecified atom stereocenters. The maximum Gasteiger partial charge on any atom is 0.315 e. The molecule has 2 aliphatic heterocycles. The van der Waals surface area contributed by atoms with Crippen molar-refractivity contribution in [2.75, 3.05) is 18.8 Å². The molecule has 2 fully saturated rings. The number of aliphatic hydroxyl groups excluding tert-OH is 1. The van der Waals surface area contributed by atoms with Crippen LogP contribution in [-0.4, -0.2) is 102 Å². The van der Waals surface area contributed by atoms with Crippen LogP contribution in [0.25, 0.3) is 0 Å². The maximum absolute atomic E-state index is 13.6. The van der Waals surface area contributed by atoms with Crippen LogP contribution in [0.4, 0.5) is 4.79 Å². The third kappa shape index (κ3) is 13.9. The van der Waals surface area contributed by atoms with Crippen LogP contribution >= 0.6 is 0 Å². The summed E-state index contributed by atoms with van der Waals surface area (Å²) in [7, 11) is -3.40. The summed E-state index contributed by atoms with van der Waals surface area (Å²) in [4.78, 5) is 65.3. The van der Waals surface area contributed by atoms with E-state index in [-0.39, 0.29) is 18.8 Å². The Morgan fingerprint density at radius 1 is 0.936 bits per heavy atom. The van der Waals surface area contributed by atoms with Crippen LogP contribution in [0.1, 0.15) is 112 Å². The third-order valence-electron chi connectivity index (χ3n) is 8.27. The van der Waals surface area contributed by atoms with E-state index in [4.69, 9.17) is 0 Å². The Hall–Kier alpha value is -3.00. The van der Waals surface area contributed by atoms with E-state index in [0.29, 0.717) is 32.1 Å². The number of urea groups is 1. The second-order valence-corrected chi connectivity index (χ2v) is 14.9. The molecule has 5 N–H and O–H groups in total. The Balaban J connectivity index is 0.00000354. The summed E-state index contributed by atoms with van der Waals surface area (Å²) < 4.78 is 25.8. The number of carbonyl (C=O) groups is 5. The van der Waals surface area contributed by atoms with Gasteiger partial charge in [0.15, 0.2) is 9.84 Å². The molecule has 0 saturated carbocycles. The summed E-state index contributed by atoms with van der Waals surface area (Å²) in [6.45, 7) is 12.8. The number of sulfone groups is 1. The number of Topliss-reactive ketones (excluding diaryl/α,β-unsaturated/α-hetero) is 1. The molecule has 2 rings (SSSR count). The first kappa shape index (κ1) is 42.0. The summed E-state index contributed by atoms with van der Waals surface area (Å²) in [5, 5.41) is 19.9. The van der Waals surface area contributed by atoms with Crippen molar-refractivity contribution in [2.24, 2.45) is 0 Å². The fourth-order valence-electron chi connectivity index (χ4n) is 5.80. The second kappa shape index (κ2) is 21.8. The number of nitrogens with zero attached hydrogens (tertiary/aromatic N) is 1. The van der Waals surface area contributed by atoms with Gasteiger partial charge >= 0.3 is 6.03 Å². The Morgan fingerprint density at radius 2 is 1.60 bits per heavy atom. The highest BCUT2D eigenvalue weighted by Crippen LogP contribution is 2.25. The van der Waals surface area contributed by atoms with Gasteiger partial charge in [0.1, 0.15) is 12.1 Å². The minimum Gasteiger partial charge on any atom is -0.391 e. The molecule has 14 heteroatoms. The standard InChI is InChI=1S/C30H51N5O8S.C3H8/c1-5-7-8-9-10-14-22(24-16-11-12-19-44(24,42)43)33-30(41)34-25(21(4)36)29(40)35-18-13-15-23(35)27(38)32-20(3)26(37)28(39)31-17-6-2;1-3-2/h6,20-25,36H,2,5,7-19H2,1,3-4H3,(H,31,39)(H,32,38)(H2,33,34,41);3H2,1-2H3. The lowest BCUT2D eigenvalue weighted by Crippen LogP contribution is -2.60. The van der Waals surface area contributed by atoms with Crippen LogP contribution in [0.3, 0.4) is 0 Å².